The molecule has 0 saturated carbocycles. The van der Waals surface area contributed by atoms with E-state index in [4.69, 9.17) is 15.2 Å². The van der Waals surface area contributed by atoms with Crippen LogP contribution in [0.3, 0.4) is 0 Å². The van der Waals surface area contributed by atoms with E-state index >= 15 is 0 Å². The van der Waals surface area contributed by atoms with E-state index in [1.807, 2.05) is 4.90 Å². The van der Waals surface area contributed by atoms with Crippen LogP contribution in [-0.4, -0.2) is 66.1 Å². The maximum absolute atomic E-state index is 12.6. The molecule has 184 valence electrons. The van der Waals surface area contributed by atoms with Crippen molar-refractivity contribution in [1.82, 2.24) is 14.9 Å². The third-order valence-electron chi connectivity index (χ3n) is 5.59. The molecule has 11 nitrogen and oxygen atoms in total. The number of piperazine rings is 1. The first-order chi connectivity index (χ1) is 16.4. The summed E-state index contributed by atoms with van der Waals surface area (Å²) in [5.41, 5.74) is 7.40. The fourth-order valence-electron chi connectivity index (χ4n) is 3.75. The Labute approximate surface area is 207 Å². The first kappa shape index (κ1) is 25.5. The van der Waals surface area contributed by atoms with E-state index in [0.29, 0.717) is 65.9 Å². The SMILES string of the molecule is COc1cc2nc(N3CCN(C(=O)/C=C/c4cccc([N+](=O)[O-])c4)CC3)nc(N)c2cc1OC.Cl. The third-order valence-corrected chi connectivity index (χ3v) is 5.59. The summed E-state index contributed by atoms with van der Waals surface area (Å²) in [6, 6.07) is 9.63. The number of non-ortho nitro benzene ring substituents is 1. The molecule has 1 aliphatic rings. The van der Waals surface area contributed by atoms with Crippen molar-refractivity contribution in [2.75, 3.05) is 51.0 Å². The number of methoxy groups -OCH3 is 2. The Hall–Kier alpha value is -4.12. The number of amides is 1. The fourth-order valence-corrected chi connectivity index (χ4v) is 3.75. The molecule has 1 fully saturated rings. The van der Waals surface area contributed by atoms with Crippen LogP contribution in [0.4, 0.5) is 17.5 Å². The van der Waals surface area contributed by atoms with Crippen molar-refractivity contribution >= 4 is 52.7 Å². The zero-order chi connectivity index (χ0) is 24.2. The molecule has 1 aromatic heterocycles. The molecular weight excluding hydrogens is 476 g/mol. The molecule has 1 amide bonds. The average molecular weight is 501 g/mol. The van der Waals surface area contributed by atoms with Crippen LogP contribution in [0.25, 0.3) is 17.0 Å². The van der Waals surface area contributed by atoms with Crippen molar-refractivity contribution < 1.29 is 19.2 Å². The Bertz CT molecular complexity index is 1280. The second kappa shape index (κ2) is 10.9. The zero-order valence-corrected chi connectivity index (χ0v) is 20.0. The van der Waals surface area contributed by atoms with Gasteiger partial charge in [0.25, 0.3) is 5.69 Å². The Morgan fingerprint density at radius 2 is 1.77 bits per heavy atom. The number of benzene rings is 2. The Morgan fingerprint density at radius 3 is 2.43 bits per heavy atom. The minimum atomic E-state index is -0.466. The highest BCUT2D eigenvalue weighted by molar-refractivity contribution is 5.93. The quantitative estimate of drug-likeness (QED) is 0.307. The molecule has 0 atom stereocenters. The van der Waals surface area contributed by atoms with E-state index in [1.165, 1.54) is 18.2 Å². The number of aromatic nitrogens is 2. The molecule has 3 aromatic rings. The molecule has 0 aliphatic carbocycles. The lowest BCUT2D eigenvalue weighted by Gasteiger charge is -2.34. The lowest BCUT2D eigenvalue weighted by atomic mass is 10.2. The number of anilines is 2. The Morgan fingerprint density at radius 1 is 1.09 bits per heavy atom. The average Bonchev–Trinajstić information content (AvgIpc) is 2.86. The number of rotatable bonds is 6. The van der Waals surface area contributed by atoms with Gasteiger partial charge in [0, 0.05) is 55.8 Å². The normalized spacial score (nSPS) is 13.5. The summed E-state index contributed by atoms with van der Waals surface area (Å²) in [6.45, 7) is 2.03. The number of nitro groups is 1. The van der Waals surface area contributed by atoms with Gasteiger partial charge in [0.05, 0.1) is 24.7 Å². The first-order valence-electron chi connectivity index (χ1n) is 10.5. The smallest absolute Gasteiger partial charge is 0.270 e. The van der Waals surface area contributed by atoms with Gasteiger partial charge in [-0.1, -0.05) is 12.1 Å². The van der Waals surface area contributed by atoms with Gasteiger partial charge in [-0.05, 0) is 17.7 Å². The predicted molar refractivity (Wildman–Crippen MR) is 135 cm³/mol. The van der Waals surface area contributed by atoms with Crippen molar-refractivity contribution in [3.8, 4) is 11.5 Å². The number of halogens is 1. The molecule has 0 unspecified atom stereocenters. The maximum atomic E-state index is 12.6. The number of nitrogens with zero attached hydrogens (tertiary/aromatic N) is 5. The second-order valence-corrected chi connectivity index (χ2v) is 7.63. The van der Waals surface area contributed by atoms with E-state index in [9.17, 15) is 14.9 Å². The van der Waals surface area contributed by atoms with Gasteiger partial charge >= 0.3 is 0 Å². The lowest BCUT2D eigenvalue weighted by Crippen LogP contribution is -2.48. The molecule has 0 spiro atoms. The third kappa shape index (κ3) is 5.52. The summed E-state index contributed by atoms with van der Waals surface area (Å²) in [4.78, 5) is 35.8. The van der Waals surface area contributed by atoms with Crippen LogP contribution in [-0.2, 0) is 4.79 Å². The molecule has 0 bridgehead atoms. The molecule has 2 aromatic carbocycles. The second-order valence-electron chi connectivity index (χ2n) is 7.63. The van der Waals surface area contributed by atoms with Crippen LogP contribution in [0, 0.1) is 10.1 Å². The molecule has 2 N–H and O–H groups in total. The molecule has 1 aliphatic heterocycles. The number of nitrogens with two attached hydrogens (primary N) is 1. The summed E-state index contributed by atoms with van der Waals surface area (Å²) in [5.74, 6) is 1.74. The van der Waals surface area contributed by atoms with Crippen LogP contribution in [0.1, 0.15) is 5.56 Å². The molecule has 0 radical (unpaired) electrons. The molecule has 2 heterocycles. The van der Waals surface area contributed by atoms with E-state index < -0.39 is 4.92 Å². The summed E-state index contributed by atoms with van der Waals surface area (Å²) in [6.07, 6.45) is 3.01. The topological polar surface area (TPSA) is 137 Å². The number of nitro benzene ring substituents is 1. The minimum Gasteiger partial charge on any atom is -0.493 e. The number of ether oxygens (including phenoxy) is 2. The molecule has 35 heavy (non-hydrogen) atoms. The fraction of sp³-hybridized carbons (Fsp3) is 0.261. The van der Waals surface area contributed by atoms with Gasteiger partial charge in [-0.15, -0.1) is 12.4 Å². The van der Waals surface area contributed by atoms with Crippen LogP contribution < -0.4 is 20.1 Å². The minimum absolute atomic E-state index is 0. The van der Waals surface area contributed by atoms with E-state index in [-0.39, 0.29) is 24.0 Å². The van der Waals surface area contributed by atoms with E-state index in [2.05, 4.69) is 9.97 Å². The predicted octanol–water partition coefficient (Wildman–Crippen LogP) is 2.92. The van der Waals surface area contributed by atoms with E-state index in [0.717, 1.165) is 0 Å². The zero-order valence-electron chi connectivity index (χ0n) is 19.2. The van der Waals surface area contributed by atoms with Crippen molar-refractivity contribution in [2.24, 2.45) is 0 Å². The number of carbonyl (C=O) groups excluding carboxylic acids is 1. The summed E-state index contributed by atoms with van der Waals surface area (Å²) in [7, 11) is 3.10. The number of carbonyl (C=O) groups is 1. The maximum Gasteiger partial charge on any atom is 0.270 e. The largest absolute Gasteiger partial charge is 0.493 e. The molecular formula is C23H25ClN6O5. The van der Waals surface area contributed by atoms with Gasteiger partial charge in [0.2, 0.25) is 11.9 Å². The van der Waals surface area contributed by atoms with Gasteiger partial charge in [-0.25, -0.2) is 4.98 Å². The highest BCUT2D eigenvalue weighted by Crippen LogP contribution is 2.34. The van der Waals surface area contributed by atoms with E-state index in [1.54, 1.807) is 49.5 Å². The number of fused-ring (bicyclic) bond motifs is 1. The van der Waals surface area contributed by atoms with Gasteiger partial charge in [0.1, 0.15) is 5.82 Å². The molecule has 12 heteroatoms. The van der Waals surface area contributed by atoms with Crippen LogP contribution in [0.15, 0.2) is 42.5 Å². The lowest BCUT2D eigenvalue weighted by molar-refractivity contribution is -0.384. The number of hydrogen-bond donors (Lipinski definition) is 1. The number of nitrogen functional groups attached to an aromatic ring is 1. The highest BCUT2D eigenvalue weighted by atomic mass is 35.5. The van der Waals surface area contributed by atoms with Gasteiger partial charge in [-0.3, -0.25) is 14.9 Å². The van der Waals surface area contributed by atoms with Crippen molar-refractivity contribution in [3.63, 3.8) is 0 Å². The highest BCUT2D eigenvalue weighted by Gasteiger charge is 2.23. The monoisotopic (exact) mass is 500 g/mol. The van der Waals surface area contributed by atoms with Crippen molar-refractivity contribution in [2.45, 2.75) is 0 Å². The van der Waals surface area contributed by atoms with Crippen LogP contribution in [0.2, 0.25) is 0 Å². The van der Waals surface area contributed by atoms with Crippen LogP contribution in [0.5, 0.6) is 11.5 Å². The number of hydrogen-bond acceptors (Lipinski definition) is 9. The van der Waals surface area contributed by atoms with Gasteiger partial charge < -0.3 is 25.0 Å². The summed E-state index contributed by atoms with van der Waals surface area (Å²) >= 11 is 0. The summed E-state index contributed by atoms with van der Waals surface area (Å²) in [5, 5.41) is 11.6. The van der Waals surface area contributed by atoms with Crippen molar-refractivity contribution in [3.05, 3.63) is 58.2 Å². The van der Waals surface area contributed by atoms with Gasteiger partial charge in [0.15, 0.2) is 11.5 Å². The van der Waals surface area contributed by atoms with Gasteiger partial charge in [-0.2, -0.15) is 4.98 Å². The molecule has 4 rings (SSSR count). The molecule has 1 saturated heterocycles. The first-order valence-corrected chi connectivity index (χ1v) is 10.5. The Balaban J connectivity index is 0.00000342. The standard InChI is InChI=1S/C23H24N6O5.ClH/c1-33-19-13-17-18(14-20(19)34-2)25-23(26-22(17)24)28-10-8-27(9-11-28)21(30)7-6-15-4-3-5-16(12-15)29(31)32;/h3-7,12-14H,8-11H2,1-2H3,(H2,24,25,26);1H/b7-6+;. The van der Waals surface area contributed by atoms with Crippen LogP contribution >= 0.6 is 12.4 Å². The summed E-state index contributed by atoms with van der Waals surface area (Å²) < 4.78 is 10.7. The Kier molecular flexibility index (Phi) is 7.92. The van der Waals surface area contributed by atoms with Crippen molar-refractivity contribution in [1.29, 1.82) is 0 Å².